The summed E-state index contributed by atoms with van der Waals surface area (Å²) in [6.07, 6.45) is -3.03. The van der Waals surface area contributed by atoms with E-state index < -0.39 is 71.0 Å². The molecule has 2 aliphatic heterocycles. The van der Waals surface area contributed by atoms with Crippen molar-refractivity contribution in [2.45, 2.75) is 110 Å². The molecule has 2 rings (SSSR count). The van der Waals surface area contributed by atoms with Gasteiger partial charge < -0.3 is 29.8 Å². The largest absolute Gasteiger partial charge is 0.444 e. The topological polar surface area (TPSA) is 204 Å². The van der Waals surface area contributed by atoms with Gasteiger partial charge in [-0.25, -0.2) is 19.2 Å². The molecule has 2 heterocycles. The van der Waals surface area contributed by atoms with Gasteiger partial charge in [0.05, 0.1) is 0 Å². The van der Waals surface area contributed by atoms with Crippen LogP contribution in [0.2, 0.25) is 0 Å². The first-order valence-electron chi connectivity index (χ1n) is 13.0. The average molecular weight is 585 g/mol. The molecule has 2 N–H and O–H groups in total. The fraction of sp³-hybridized carbons (Fsp3) is 0.680. The number of hydrogen-bond donors (Lipinski definition) is 2. The van der Waals surface area contributed by atoms with Gasteiger partial charge in [-0.15, -0.1) is 10.1 Å². The Balaban J connectivity index is 2.15. The van der Waals surface area contributed by atoms with Crippen LogP contribution in [0.4, 0.5) is 9.59 Å². The molecular weight excluding hydrogens is 548 g/mol. The Morgan fingerprint density at radius 2 is 0.927 bits per heavy atom. The van der Waals surface area contributed by atoms with Gasteiger partial charge in [0.25, 0.3) is 23.6 Å². The summed E-state index contributed by atoms with van der Waals surface area (Å²) in [4.78, 5) is 108. The lowest BCUT2D eigenvalue weighted by Crippen LogP contribution is -2.48. The highest BCUT2D eigenvalue weighted by atomic mass is 16.7. The Labute approximate surface area is 236 Å². The molecule has 2 unspecified atom stereocenters. The normalized spacial score (nSPS) is 17.2. The van der Waals surface area contributed by atoms with E-state index in [1.807, 2.05) is 0 Å². The summed E-state index contributed by atoms with van der Waals surface area (Å²) >= 11 is 0. The molecule has 0 aromatic carbocycles. The van der Waals surface area contributed by atoms with Crippen LogP contribution < -0.4 is 10.6 Å². The molecule has 2 atom stereocenters. The second kappa shape index (κ2) is 13.4. The number of hydroxylamine groups is 4. The van der Waals surface area contributed by atoms with Gasteiger partial charge in [0.15, 0.2) is 0 Å². The summed E-state index contributed by atoms with van der Waals surface area (Å²) in [7, 11) is 0. The molecule has 0 saturated carbocycles. The molecule has 0 aromatic heterocycles. The zero-order valence-electron chi connectivity index (χ0n) is 23.9. The van der Waals surface area contributed by atoms with Crippen LogP contribution in [0.5, 0.6) is 0 Å². The molecule has 2 saturated heterocycles. The number of ether oxygens (including phenoxy) is 2. The van der Waals surface area contributed by atoms with Crippen molar-refractivity contribution >= 4 is 47.8 Å². The maximum atomic E-state index is 12.8. The van der Waals surface area contributed by atoms with Crippen LogP contribution in [-0.2, 0) is 47.9 Å². The first-order valence-corrected chi connectivity index (χ1v) is 13.0. The second-order valence-electron chi connectivity index (χ2n) is 11.3. The zero-order valence-corrected chi connectivity index (χ0v) is 23.9. The highest BCUT2D eigenvalue weighted by Crippen LogP contribution is 2.17. The maximum Gasteiger partial charge on any atom is 0.408 e. The number of nitrogens with one attached hydrogen (secondary N) is 2. The van der Waals surface area contributed by atoms with Crippen LogP contribution in [0.15, 0.2) is 0 Å². The van der Waals surface area contributed by atoms with E-state index in [1.165, 1.54) is 0 Å². The highest BCUT2D eigenvalue weighted by molar-refractivity contribution is 6.02. The molecule has 16 heteroatoms. The number of carbonyl (C=O) groups is 8. The number of carbonyl (C=O) groups excluding carboxylic acids is 8. The van der Waals surface area contributed by atoms with Crippen molar-refractivity contribution in [2.24, 2.45) is 0 Å². The zero-order chi connectivity index (χ0) is 31.1. The molecule has 0 aliphatic carbocycles. The van der Waals surface area contributed by atoms with Crippen molar-refractivity contribution < 1.29 is 57.5 Å². The van der Waals surface area contributed by atoms with Crippen molar-refractivity contribution in [3.05, 3.63) is 0 Å². The maximum absolute atomic E-state index is 12.8. The summed E-state index contributed by atoms with van der Waals surface area (Å²) in [5, 5.41) is 5.26. The van der Waals surface area contributed by atoms with Crippen LogP contribution in [-0.4, -0.2) is 81.2 Å². The monoisotopic (exact) mass is 584 g/mol. The van der Waals surface area contributed by atoms with Gasteiger partial charge in [-0.2, -0.15) is 0 Å². The molecule has 0 radical (unpaired) electrons. The predicted molar refractivity (Wildman–Crippen MR) is 135 cm³/mol. The number of nitrogens with zero attached hydrogens (tertiary/aromatic N) is 2. The minimum absolute atomic E-state index is 0.0606. The molecule has 0 bridgehead atoms. The Bertz CT molecular complexity index is 975. The molecule has 2 fully saturated rings. The number of hydrogen-bond acceptors (Lipinski definition) is 12. The fourth-order valence-electron chi connectivity index (χ4n) is 3.55. The van der Waals surface area contributed by atoms with Crippen LogP contribution in [0.1, 0.15) is 86.5 Å². The summed E-state index contributed by atoms with van der Waals surface area (Å²) in [6.45, 7) is 9.56. The Hall–Kier alpha value is -4.24. The van der Waals surface area contributed by atoms with Gasteiger partial charge in [-0.05, 0) is 60.8 Å². The Kier molecular flexibility index (Phi) is 10.8. The Morgan fingerprint density at radius 1 is 0.634 bits per heavy atom. The van der Waals surface area contributed by atoms with Gasteiger partial charge in [0.2, 0.25) is 0 Å². The smallest absolute Gasteiger partial charge is 0.408 e. The van der Waals surface area contributed by atoms with Crippen molar-refractivity contribution in [3.8, 4) is 0 Å². The van der Waals surface area contributed by atoms with Crippen LogP contribution in [0.25, 0.3) is 0 Å². The van der Waals surface area contributed by atoms with Crippen molar-refractivity contribution in [1.29, 1.82) is 0 Å². The van der Waals surface area contributed by atoms with E-state index >= 15 is 0 Å². The van der Waals surface area contributed by atoms with Gasteiger partial charge >= 0.3 is 24.1 Å². The number of alkyl carbamates (subject to hydrolysis) is 2. The van der Waals surface area contributed by atoms with E-state index in [4.69, 9.17) is 19.1 Å². The molecular formula is C25H36N4O12. The van der Waals surface area contributed by atoms with Crippen LogP contribution in [0, 0.1) is 0 Å². The van der Waals surface area contributed by atoms with Crippen LogP contribution >= 0.6 is 0 Å². The van der Waals surface area contributed by atoms with E-state index in [1.54, 1.807) is 41.5 Å². The molecule has 0 spiro atoms. The average Bonchev–Trinajstić information content (AvgIpc) is 3.30. The van der Waals surface area contributed by atoms with Crippen LogP contribution in [0.3, 0.4) is 0 Å². The van der Waals surface area contributed by atoms with Gasteiger partial charge in [-0.3, -0.25) is 19.2 Å². The van der Waals surface area contributed by atoms with Crippen molar-refractivity contribution in [1.82, 2.24) is 20.8 Å². The minimum atomic E-state index is -1.44. The first-order chi connectivity index (χ1) is 18.9. The number of rotatable bonds is 10. The standard InChI is InChI=1S/C25H36N4O12/c1-24(2,3)38-22(36)26-14(20(34)40-28-16(30)10-11-17(28)31)8-7-9-15(27-23(37)39-25(4,5)6)21(35)41-29-18(32)12-13-19(29)33/h14-15H,7-13H2,1-6H3,(H,26,36)(H,27,37). The van der Waals surface area contributed by atoms with Gasteiger partial charge in [0, 0.05) is 25.7 Å². The van der Waals surface area contributed by atoms with E-state index in [0.29, 0.717) is 10.1 Å². The quantitative estimate of drug-likeness (QED) is 0.347. The summed E-state index contributed by atoms with van der Waals surface area (Å²) in [5.74, 6) is -5.20. The highest BCUT2D eigenvalue weighted by Gasteiger charge is 2.38. The van der Waals surface area contributed by atoms with Crippen molar-refractivity contribution in [2.75, 3.05) is 0 Å². The van der Waals surface area contributed by atoms with Gasteiger partial charge in [0.1, 0.15) is 23.3 Å². The van der Waals surface area contributed by atoms with E-state index in [0.717, 1.165) is 0 Å². The molecule has 16 nitrogen and oxygen atoms in total. The van der Waals surface area contributed by atoms with E-state index in [-0.39, 0.29) is 44.9 Å². The third-order valence-corrected chi connectivity index (χ3v) is 5.31. The lowest BCUT2D eigenvalue weighted by molar-refractivity contribution is -0.199. The summed E-state index contributed by atoms with van der Waals surface area (Å²) in [6, 6.07) is -2.88. The Morgan fingerprint density at radius 3 is 1.20 bits per heavy atom. The first kappa shape index (κ1) is 33.0. The molecule has 2 aliphatic rings. The molecule has 6 amide bonds. The predicted octanol–water partition coefficient (Wildman–Crippen LogP) is 1.16. The fourth-order valence-corrected chi connectivity index (χ4v) is 3.55. The molecule has 228 valence electrons. The van der Waals surface area contributed by atoms with E-state index in [2.05, 4.69) is 10.6 Å². The number of amides is 6. The molecule has 41 heavy (non-hydrogen) atoms. The number of imide groups is 2. The van der Waals surface area contributed by atoms with E-state index in [9.17, 15) is 38.4 Å². The van der Waals surface area contributed by atoms with Gasteiger partial charge in [-0.1, -0.05) is 0 Å². The lowest BCUT2D eigenvalue weighted by Gasteiger charge is -2.25. The second-order valence-corrected chi connectivity index (χ2v) is 11.3. The molecule has 0 aromatic rings. The van der Waals surface area contributed by atoms with Crippen molar-refractivity contribution in [3.63, 3.8) is 0 Å². The third-order valence-electron chi connectivity index (χ3n) is 5.31. The summed E-state index contributed by atoms with van der Waals surface area (Å²) < 4.78 is 10.3. The lowest BCUT2D eigenvalue weighted by atomic mass is 10.1. The minimum Gasteiger partial charge on any atom is -0.444 e. The SMILES string of the molecule is CC(C)(C)OC(=O)NC(CCCC(NC(=O)OC(C)(C)C)C(=O)ON1C(=O)CCC1=O)C(=O)ON1C(=O)CCC1=O. The third kappa shape index (κ3) is 10.7. The summed E-state index contributed by atoms with van der Waals surface area (Å²) in [5.41, 5.74) is -1.84.